The molecule has 1 N–H and O–H groups in total. The van der Waals surface area contributed by atoms with Gasteiger partial charge in [0.2, 0.25) is 0 Å². The Morgan fingerprint density at radius 3 is 2.93 bits per heavy atom. The molecule has 0 fully saturated rings. The summed E-state index contributed by atoms with van der Waals surface area (Å²) in [6.07, 6.45) is 0.146. The standard InChI is InChI=1S/C11H9FO3/c1-15-10-6-5-9(12)7-8(10)3-2-4-11(13)14/h5-7H,3H2,1H3,(H,13,14). The molecule has 0 unspecified atom stereocenters. The molecule has 0 aliphatic rings. The molecule has 0 atom stereocenters. The first-order valence-electron chi connectivity index (χ1n) is 4.17. The summed E-state index contributed by atoms with van der Waals surface area (Å²) >= 11 is 0. The third-order valence-corrected chi connectivity index (χ3v) is 1.72. The summed E-state index contributed by atoms with van der Waals surface area (Å²) in [6, 6.07) is 4.02. The largest absolute Gasteiger partial charge is 0.496 e. The molecular weight excluding hydrogens is 199 g/mol. The van der Waals surface area contributed by atoms with E-state index in [1.165, 1.54) is 25.3 Å². The molecule has 0 aromatic heterocycles. The molecule has 0 spiro atoms. The Labute approximate surface area is 86.5 Å². The van der Waals surface area contributed by atoms with Crippen molar-refractivity contribution in [3.63, 3.8) is 0 Å². The Kier molecular flexibility index (Phi) is 3.69. The van der Waals surface area contributed by atoms with Gasteiger partial charge in [0, 0.05) is 17.9 Å². The molecule has 15 heavy (non-hydrogen) atoms. The Balaban J connectivity index is 2.89. The zero-order valence-electron chi connectivity index (χ0n) is 8.08. The second-order valence-electron chi connectivity index (χ2n) is 2.74. The number of carboxylic acids is 1. The lowest BCUT2D eigenvalue weighted by Crippen LogP contribution is -1.93. The average molecular weight is 208 g/mol. The molecule has 0 aliphatic carbocycles. The fourth-order valence-corrected chi connectivity index (χ4v) is 1.10. The maximum Gasteiger partial charge on any atom is 0.381 e. The van der Waals surface area contributed by atoms with E-state index in [0.29, 0.717) is 11.3 Å². The summed E-state index contributed by atoms with van der Waals surface area (Å²) in [5, 5.41) is 8.29. The number of carbonyl (C=O) groups is 1. The van der Waals surface area contributed by atoms with Crippen LogP contribution in [0.4, 0.5) is 4.39 Å². The number of ether oxygens (including phenoxy) is 1. The van der Waals surface area contributed by atoms with Crippen molar-refractivity contribution >= 4 is 5.97 Å². The normalized spacial score (nSPS) is 8.93. The number of methoxy groups -OCH3 is 1. The van der Waals surface area contributed by atoms with E-state index in [1.807, 2.05) is 5.92 Å². The molecule has 78 valence electrons. The summed E-state index contributed by atoms with van der Waals surface area (Å²) in [6.45, 7) is 0. The molecule has 0 amide bonds. The molecule has 0 radical (unpaired) electrons. The summed E-state index contributed by atoms with van der Waals surface area (Å²) < 4.78 is 17.8. The van der Waals surface area contributed by atoms with Crippen LogP contribution >= 0.6 is 0 Å². The highest BCUT2D eigenvalue weighted by molar-refractivity contribution is 5.86. The van der Waals surface area contributed by atoms with Crippen molar-refractivity contribution < 1.29 is 19.0 Å². The highest BCUT2D eigenvalue weighted by Crippen LogP contribution is 2.19. The molecular formula is C11H9FO3. The van der Waals surface area contributed by atoms with Crippen molar-refractivity contribution in [3.8, 4) is 17.6 Å². The second kappa shape index (κ2) is 5.01. The first-order chi connectivity index (χ1) is 7.13. The van der Waals surface area contributed by atoms with Crippen molar-refractivity contribution in [1.29, 1.82) is 0 Å². The number of halogens is 1. The number of aliphatic carboxylic acids is 1. The summed E-state index contributed by atoms with van der Waals surface area (Å²) in [5.41, 5.74) is 0.534. The minimum absolute atomic E-state index is 0.146. The molecule has 0 saturated heterocycles. The molecule has 0 bridgehead atoms. The van der Waals surface area contributed by atoms with Gasteiger partial charge < -0.3 is 9.84 Å². The van der Waals surface area contributed by atoms with Crippen LogP contribution in [0.5, 0.6) is 5.75 Å². The monoisotopic (exact) mass is 208 g/mol. The number of carboxylic acid groups (broad SMARTS) is 1. The first-order valence-corrected chi connectivity index (χ1v) is 4.17. The van der Waals surface area contributed by atoms with Gasteiger partial charge >= 0.3 is 5.97 Å². The third kappa shape index (κ3) is 3.31. The van der Waals surface area contributed by atoms with Gasteiger partial charge in [-0.15, -0.1) is 0 Å². The van der Waals surface area contributed by atoms with Crippen LogP contribution < -0.4 is 4.74 Å². The fraction of sp³-hybridized carbons (Fsp3) is 0.182. The zero-order chi connectivity index (χ0) is 11.3. The Bertz CT molecular complexity index is 429. The van der Waals surface area contributed by atoms with Gasteiger partial charge in [-0.2, -0.15) is 0 Å². The molecule has 1 rings (SSSR count). The number of hydrogen-bond acceptors (Lipinski definition) is 2. The van der Waals surface area contributed by atoms with Gasteiger partial charge in [-0.25, -0.2) is 9.18 Å². The van der Waals surface area contributed by atoms with Gasteiger partial charge in [0.25, 0.3) is 0 Å². The van der Waals surface area contributed by atoms with Gasteiger partial charge in [-0.3, -0.25) is 0 Å². The van der Waals surface area contributed by atoms with Crippen molar-refractivity contribution in [2.45, 2.75) is 6.42 Å². The molecule has 0 heterocycles. The first kappa shape index (κ1) is 11.1. The van der Waals surface area contributed by atoms with Gasteiger partial charge in [-0.1, -0.05) is 5.92 Å². The van der Waals surface area contributed by atoms with E-state index < -0.39 is 11.8 Å². The SMILES string of the molecule is COc1ccc(F)cc1CC#CC(=O)O. The van der Waals surface area contributed by atoms with Crippen LogP contribution in [0.2, 0.25) is 0 Å². The van der Waals surface area contributed by atoms with E-state index in [9.17, 15) is 9.18 Å². The van der Waals surface area contributed by atoms with Gasteiger partial charge in [-0.05, 0) is 18.2 Å². The molecule has 4 heteroatoms. The Morgan fingerprint density at radius 2 is 2.33 bits per heavy atom. The minimum atomic E-state index is -1.20. The molecule has 1 aromatic rings. The predicted octanol–water partition coefficient (Wildman–Crippen LogP) is 1.46. The molecule has 0 aliphatic heterocycles. The highest BCUT2D eigenvalue weighted by Gasteiger charge is 2.02. The second-order valence-corrected chi connectivity index (χ2v) is 2.74. The van der Waals surface area contributed by atoms with Crippen LogP contribution in [-0.2, 0) is 11.2 Å². The predicted molar refractivity (Wildman–Crippen MR) is 52.1 cm³/mol. The van der Waals surface area contributed by atoms with Crippen molar-refractivity contribution in [1.82, 2.24) is 0 Å². The topological polar surface area (TPSA) is 46.5 Å². The van der Waals surface area contributed by atoms with Crippen molar-refractivity contribution in [2.75, 3.05) is 7.11 Å². The van der Waals surface area contributed by atoms with Crippen LogP contribution in [0, 0.1) is 17.7 Å². The van der Waals surface area contributed by atoms with E-state index in [4.69, 9.17) is 9.84 Å². The van der Waals surface area contributed by atoms with Crippen LogP contribution in [0.3, 0.4) is 0 Å². The van der Waals surface area contributed by atoms with E-state index in [2.05, 4.69) is 5.92 Å². The zero-order valence-corrected chi connectivity index (χ0v) is 8.08. The fourth-order valence-electron chi connectivity index (χ4n) is 1.10. The Morgan fingerprint density at radius 1 is 1.60 bits per heavy atom. The molecule has 1 aromatic carbocycles. The van der Waals surface area contributed by atoms with E-state index in [-0.39, 0.29) is 6.42 Å². The number of hydrogen-bond donors (Lipinski definition) is 1. The summed E-state index contributed by atoms with van der Waals surface area (Å²) in [4.78, 5) is 10.1. The highest BCUT2D eigenvalue weighted by atomic mass is 19.1. The Hall–Kier alpha value is -2.02. The van der Waals surface area contributed by atoms with Crippen LogP contribution in [0.1, 0.15) is 5.56 Å². The van der Waals surface area contributed by atoms with E-state index >= 15 is 0 Å². The van der Waals surface area contributed by atoms with Crippen LogP contribution in [0.25, 0.3) is 0 Å². The van der Waals surface area contributed by atoms with E-state index in [0.717, 1.165) is 0 Å². The lowest BCUT2D eigenvalue weighted by atomic mass is 10.1. The lowest BCUT2D eigenvalue weighted by Gasteiger charge is -2.04. The third-order valence-electron chi connectivity index (χ3n) is 1.72. The van der Waals surface area contributed by atoms with Gasteiger partial charge in [0.15, 0.2) is 0 Å². The average Bonchev–Trinajstić information content (AvgIpc) is 2.17. The number of benzene rings is 1. The maximum atomic E-state index is 12.8. The number of rotatable bonds is 2. The van der Waals surface area contributed by atoms with Crippen LogP contribution in [-0.4, -0.2) is 18.2 Å². The maximum absolute atomic E-state index is 12.8. The van der Waals surface area contributed by atoms with Crippen molar-refractivity contribution in [2.24, 2.45) is 0 Å². The summed E-state index contributed by atoms with van der Waals surface area (Å²) in [7, 11) is 1.46. The lowest BCUT2D eigenvalue weighted by molar-refractivity contribution is -0.130. The van der Waals surface area contributed by atoms with Crippen molar-refractivity contribution in [3.05, 3.63) is 29.6 Å². The van der Waals surface area contributed by atoms with Gasteiger partial charge in [0.1, 0.15) is 11.6 Å². The van der Waals surface area contributed by atoms with E-state index in [1.54, 1.807) is 0 Å². The van der Waals surface area contributed by atoms with Gasteiger partial charge in [0.05, 0.1) is 7.11 Å². The summed E-state index contributed by atoms with van der Waals surface area (Å²) in [5.74, 6) is 3.25. The molecule has 0 saturated carbocycles. The minimum Gasteiger partial charge on any atom is -0.496 e. The quantitative estimate of drug-likeness (QED) is 0.748. The molecule has 3 nitrogen and oxygen atoms in total. The smallest absolute Gasteiger partial charge is 0.381 e. The van der Waals surface area contributed by atoms with Crippen LogP contribution in [0.15, 0.2) is 18.2 Å².